The molecule has 1 aliphatic rings. The van der Waals surface area contributed by atoms with E-state index in [9.17, 15) is 0 Å². The Morgan fingerprint density at radius 2 is 1.90 bits per heavy atom. The van der Waals surface area contributed by atoms with Crippen LogP contribution in [0.25, 0.3) is 0 Å². The average Bonchev–Trinajstić information content (AvgIpc) is 2.48. The number of nitrogens with one attached hydrogen (secondary N) is 1. The summed E-state index contributed by atoms with van der Waals surface area (Å²) in [5, 5.41) is 3.27. The second-order valence-electron chi connectivity index (χ2n) is 5.46. The monoisotopic (exact) mass is 267 g/mol. The van der Waals surface area contributed by atoms with Crippen LogP contribution in [-0.2, 0) is 6.42 Å². The van der Waals surface area contributed by atoms with Crippen LogP contribution in [0.3, 0.4) is 0 Å². The molecule has 2 nitrogen and oxygen atoms in total. The number of fused-ring (bicyclic) bond motifs is 1. The van der Waals surface area contributed by atoms with Gasteiger partial charge in [-0.15, -0.1) is 0 Å². The first-order valence-corrected chi connectivity index (χ1v) is 7.26. The van der Waals surface area contributed by atoms with E-state index in [-0.39, 0.29) is 0 Å². The van der Waals surface area contributed by atoms with E-state index in [2.05, 4.69) is 54.7 Å². The standard InChI is InChI=1S/C18H21NO/c1-13(19-2)16-8-5-6-10-18(16)20-12-15-11-14-7-3-4-9-17(14)15/h3-10,13,15,19H,11-12H2,1-2H3. The van der Waals surface area contributed by atoms with Crippen molar-refractivity contribution < 1.29 is 4.74 Å². The second-order valence-corrected chi connectivity index (χ2v) is 5.46. The zero-order chi connectivity index (χ0) is 13.9. The Bertz CT molecular complexity index is 593. The minimum absolute atomic E-state index is 0.305. The van der Waals surface area contributed by atoms with Gasteiger partial charge in [-0.25, -0.2) is 0 Å². The Morgan fingerprint density at radius 3 is 2.70 bits per heavy atom. The molecule has 3 rings (SSSR count). The van der Waals surface area contributed by atoms with Crippen molar-refractivity contribution in [1.82, 2.24) is 5.32 Å². The van der Waals surface area contributed by atoms with Crippen molar-refractivity contribution >= 4 is 0 Å². The third kappa shape index (κ3) is 2.44. The molecule has 0 fully saturated rings. The molecule has 2 atom stereocenters. The lowest BCUT2D eigenvalue weighted by atomic mass is 9.78. The molecule has 0 saturated heterocycles. The Balaban J connectivity index is 1.68. The highest BCUT2D eigenvalue weighted by Gasteiger charge is 2.26. The lowest BCUT2D eigenvalue weighted by Crippen LogP contribution is -2.23. The van der Waals surface area contributed by atoms with Gasteiger partial charge in [0.25, 0.3) is 0 Å². The van der Waals surface area contributed by atoms with Gasteiger partial charge in [-0.05, 0) is 37.6 Å². The SMILES string of the molecule is CNC(C)c1ccccc1OCC1Cc2ccccc21. The maximum atomic E-state index is 6.08. The normalized spacial score (nSPS) is 18.0. The lowest BCUT2D eigenvalue weighted by Gasteiger charge is -2.30. The molecule has 0 radical (unpaired) electrons. The molecule has 2 aromatic carbocycles. The maximum Gasteiger partial charge on any atom is 0.124 e. The molecular formula is C18H21NO. The highest BCUT2D eigenvalue weighted by atomic mass is 16.5. The van der Waals surface area contributed by atoms with Crippen molar-refractivity contribution in [3.8, 4) is 5.75 Å². The molecule has 1 aliphatic carbocycles. The van der Waals surface area contributed by atoms with Crippen LogP contribution in [0.4, 0.5) is 0 Å². The van der Waals surface area contributed by atoms with Crippen molar-refractivity contribution in [1.29, 1.82) is 0 Å². The third-order valence-corrected chi connectivity index (χ3v) is 4.22. The molecule has 0 saturated carbocycles. The molecule has 0 bridgehead atoms. The van der Waals surface area contributed by atoms with Crippen LogP contribution >= 0.6 is 0 Å². The first kappa shape index (κ1) is 13.2. The van der Waals surface area contributed by atoms with Crippen molar-refractivity contribution in [2.24, 2.45) is 0 Å². The summed E-state index contributed by atoms with van der Waals surface area (Å²) >= 11 is 0. The predicted molar refractivity (Wildman–Crippen MR) is 82.3 cm³/mol. The second kappa shape index (κ2) is 5.68. The molecule has 0 spiro atoms. The fraction of sp³-hybridized carbons (Fsp3) is 0.333. The van der Waals surface area contributed by atoms with E-state index in [1.54, 1.807) is 0 Å². The lowest BCUT2D eigenvalue weighted by molar-refractivity contribution is 0.271. The molecule has 0 aromatic heterocycles. The number of benzene rings is 2. The fourth-order valence-electron chi connectivity index (χ4n) is 2.83. The number of hydrogen-bond acceptors (Lipinski definition) is 2. The number of ether oxygens (including phenoxy) is 1. The summed E-state index contributed by atoms with van der Waals surface area (Å²) in [4.78, 5) is 0. The fourth-order valence-corrected chi connectivity index (χ4v) is 2.83. The minimum Gasteiger partial charge on any atom is -0.493 e. The average molecular weight is 267 g/mol. The van der Waals surface area contributed by atoms with E-state index >= 15 is 0 Å². The quantitative estimate of drug-likeness (QED) is 0.892. The van der Waals surface area contributed by atoms with Gasteiger partial charge < -0.3 is 10.1 Å². The first-order chi connectivity index (χ1) is 9.79. The van der Waals surface area contributed by atoms with E-state index in [1.807, 2.05) is 13.1 Å². The molecule has 0 aliphatic heterocycles. The smallest absolute Gasteiger partial charge is 0.124 e. The van der Waals surface area contributed by atoms with E-state index in [4.69, 9.17) is 4.74 Å². The van der Waals surface area contributed by atoms with Gasteiger partial charge in [0.05, 0.1) is 6.61 Å². The summed E-state index contributed by atoms with van der Waals surface area (Å²) in [6.45, 7) is 2.92. The highest BCUT2D eigenvalue weighted by Crippen LogP contribution is 2.35. The van der Waals surface area contributed by atoms with Gasteiger partial charge >= 0.3 is 0 Å². The molecule has 104 valence electrons. The van der Waals surface area contributed by atoms with Crippen molar-refractivity contribution in [2.45, 2.75) is 25.3 Å². The van der Waals surface area contributed by atoms with E-state index in [0.717, 1.165) is 18.8 Å². The minimum atomic E-state index is 0.305. The molecule has 2 aromatic rings. The largest absolute Gasteiger partial charge is 0.493 e. The van der Waals surface area contributed by atoms with Gasteiger partial charge in [-0.2, -0.15) is 0 Å². The summed E-state index contributed by atoms with van der Waals surface area (Å²) in [5.41, 5.74) is 4.15. The topological polar surface area (TPSA) is 21.3 Å². The van der Waals surface area contributed by atoms with Crippen LogP contribution in [0.15, 0.2) is 48.5 Å². The predicted octanol–water partition coefficient (Wildman–Crippen LogP) is 3.69. The molecule has 2 heteroatoms. The van der Waals surface area contributed by atoms with Crippen LogP contribution in [0.5, 0.6) is 5.75 Å². The summed E-state index contributed by atoms with van der Waals surface area (Å²) < 4.78 is 6.08. The van der Waals surface area contributed by atoms with E-state index in [1.165, 1.54) is 16.7 Å². The molecule has 2 unspecified atom stereocenters. The Labute approximate surface area is 120 Å². The van der Waals surface area contributed by atoms with Gasteiger partial charge in [0.2, 0.25) is 0 Å². The molecular weight excluding hydrogens is 246 g/mol. The van der Waals surface area contributed by atoms with Crippen LogP contribution in [0, 0.1) is 0 Å². The zero-order valence-corrected chi connectivity index (χ0v) is 12.1. The Hall–Kier alpha value is -1.80. The Morgan fingerprint density at radius 1 is 1.15 bits per heavy atom. The third-order valence-electron chi connectivity index (χ3n) is 4.22. The van der Waals surface area contributed by atoms with Crippen LogP contribution in [0.1, 0.15) is 35.6 Å². The first-order valence-electron chi connectivity index (χ1n) is 7.26. The highest BCUT2D eigenvalue weighted by molar-refractivity contribution is 5.41. The number of rotatable bonds is 5. The van der Waals surface area contributed by atoms with Crippen LogP contribution in [0.2, 0.25) is 0 Å². The Kier molecular flexibility index (Phi) is 3.75. The molecule has 1 N–H and O–H groups in total. The summed E-state index contributed by atoms with van der Waals surface area (Å²) in [5.74, 6) is 1.54. The molecule has 0 heterocycles. The summed E-state index contributed by atoms with van der Waals surface area (Å²) in [6, 6.07) is 17.3. The van der Waals surface area contributed by atoms with Crippen molar-refractivity contribution in [2.75, 3.05) is 13.7 Å². The molecule has 0 amide bonds. The summed E-state index contributed by atoms with van der Waals surface area (Å²) in [6.07, 6.45) is 1.14. The van der Waals surface area contributed by atoms with Crippen molar-refractivity contribution in [3.05, 3.63) is 65.2 Å². The summed E-state index contributed by atoms with van der Waals surface area (Å²) in [7, 11) is 1.98. The van der Waals surface area contributed by atoms with E-state index < -0.39 is 0 Å². The zero-order valence-electron chi connectivity index (χ0n) is 12.1. The van der Waals surface area contributed by atoms with Crippen LogP contribution < -0.4 is 10.1 Å². The molecule has 20 heavy (non-hydrogen) atoms. The van der Waals surface area contributed by atoms with Gasteiger partial charge in [-0.1, -0.05) is 42.5 Å². The van der Waals surface area contributed by atoms with Gasteiger partial charge in [0.1, 0.15) is 5.75 Å². The van der Waals surface area contributed by atoms with Gasteiger partial charge in [0, 0.05) is 17.5 Å². The number of hydrogen-bond donors (Lipinski definition) is 1. The van der Waals surface area contributed by atoms with E-state index in [0.29, 0.717) is 12.0 Å². The van der Waals surface area contributed by atoms with Gasteiger partial charge in [0.15, 0.2) is 0 Å². The van der Waals surface area contributed by atoms with Gasteiger partial charge in [-0.3, -0.25) is 0 Å². The maximum absolute atomic E-state index is 6.08. The van der Waals surface area contributed by atoms with Crippen LogP contribution in [-0.4, -0.2) is 13.7 Å². The van der Waals surface area contributed by atoms with Crippen molar-refractivity contribution in [3.63, 3.8) is 0 Å². The number of para-hydroxylation sites is 1.